The van der Waals surface area contributed by atoms with Crippen LogP contribution in [0.1, 0.15) is 19.8 Å². The Morgan fingerprint density at radius 1 is 1.04 bits per heavy atom. The molecule has 2 aromatic rings. The lowest BCUT2D eigenvalue weighted by Crippen LogP contribution is -2.47. The van der Waals surface area contributed by atoms with Crippen LogP contribution in [0.15, 0.2) is 54.6 Å². The Hall–Kier alpha value is -2.37. The highest BCUT2D eigenvalue weighted by molar-refractivity contribution is 5.98. The summed E-state index contributed by atoms with van der Waals surface area (Å²) in [6.07, 6.45) is 1.18. The van der Waals surface area contributed by atoms with Crippen molar-refractivity contribution in [2.75, 3.05) is 18.4 Å². The first-order chi connectivity index (χ1) is 12.6. The van der Waals surface area contributed by atoms with Crippen LogP contribution in [-0.2, 0) is 9.59 Å². The van der Waals surface area contributed by atoms with Crippen LogP contribution < -0.4 is 5.32 Å². The summed E-state index contributed by atoms with van der Waals surface area (Å²) in [4.78, 5) is 25.9. The van der Waals surface area contributed by atoms with Crippen LogP contribution in [0.2, 0.25) is 0 Å². The molecule has 1 fully saturated rings. The molecule has 1 aliphatic rings. The highest BCUT2D eigenvalue weighted by atomic mass is 35.5. The van der Waals surface area contributed by atoms with Crippen molar-refractivity contribution in [1.82, 2.24) is 4.90 Å². The molecule has 2 N–H and O–H groups in total. The number of nitrogens with one attached hydrogen (secondary N) is 1. The van der Waals surface area contributed by atoms with Gasteiger partial charge < -0.3 is 10.4 Å². The van der Waals surface area contributed by atoms with Gasteiger partial charge in [-0.25, -0.2) is 0 Å². The Kier molecular flexibility index (Phi) is 7.39. The number of carbonyl (C=O) groups excluding carboxylic acids is 1. The third-order valence-electron chi connectivity index (χ3n) is 5.08. The maximum absolute atomic E-state index is 12.7. The number of benzene rings is 2. The fraction of sp³-hybridized carbons (Fsp3) is 0.333. The molecule has 6 heteroatoms. The van der Waals surface area contributed by atoms with Gasteiger partial charge in [0.25, 0.3) is 0 Å². The first-order valence-electron chi connectivity index (χ1n) is 8.98. The topological polar surface area (TPSA) is 69.6 Å². The third-order valence-corrected chi connectivity index (χ3v) is 5.08. The van der Waals surface area contributed by atoms with E-state index in [1.165, 1.54) is 0 Å². The third kappa shape index (κ3) is 5.08. The largest absolute Gasteiger partial charge is 0.481 e. The molecule has 0 saturated carbocycles. The van der Waals surface area contributed by atoms with Gasteiger partial charge >= 0.3 is 5.97 Å². The summed E-state index contributed by atoms with van der Waals surface area (Å²) in [6, 6.07) is 17.4. The van der Waals surface area contributed by atoms with Crippen LogP contribution in [0.25, 0.3) is 11.1 Å². The molecule has 1 atom stereocenters. The van der Waals surface area contributed by atoms with Gasteiger partial charge in [0.1, 0.15) is 0 Å². The average molecular weight is 389 g/mol. The quantitative estimate of drug-likeness (QED) is 0.815. The second kappa shape index (κ2) is 9.53. The van der Waals surface area contributed by atoms with Crippen LogP contribution >= 0.6 is 12.4 Å². The van der Waals surface area contributed by atoms with E-state index in [4.69, 9.17) is 5.11 Å². The minimum absolute atomic E-state index is 0. The molecule has 1 aliphatic heterocycles. The van der Waals surface area contributed by atoms with Gasteiger partial charge in [-0.15, -0.1) is 12.4 Å². The standard InChI is InChI=1S/C21H24N2O3.ClH/c1-15(23-13-11-17(12-14-23)21(25)26)20(24)22-19-10-6-5-9-18(19)16-7-3-2-4-8-16;/h2-10,15,17H,11-14H2,1H3,(H,22,24)(H,25,26);1H. The predicted molar refractivity (Wildman–Crippen MR) is 109 cm³/mol. The minimum Gasteiger partial charge on any atom is -0.481 e. The van der Waals surface area contributed by atoms with E-state index in [2.05, 4.69) is 10.2 Å². The van der Waals surface area contributed by atoms with Crippen LogP contribution in [0.4, 0.5) is 5.69 Å². The molecule has 3 rings (SSSR count). The average Bonchev–Trinajstić information content (AvgIpc) is 2.68. The van der Waals surface area contributed by atoms with Crippen molar-refractivity contribution >= 4 is 30.0 Å². The predicted octanol–water partition coefficient (Wildman–Crippen LogP) is 3.90. The van der Waals surface area contributed by atoms with Gasteiger partial charge in [0.2, 0.25) is 5.91 Å². The van der Waals surface area contributed by atoms with Crippen molar-refractivity contribution in [1.29, 1.82) is 0 Å². The molecule has 5 nitrogen and oxygen atoms in total. The Labute approximate surface area is 165 Å². The number of nitrogens with zero attached hydrogens (tertiary/aromatic N) is 1. The molecule has 1 heterocycles. The molecule has 1 amide bonds. The maximum atomic E-state index is 12.7. The van der Waals surface area contributed by atoms with E-state index >= 15 is 0 Å². The summed E-state index contributed by atoms with van der Waals surface area (Å²) < 4.78 is 0. The second-order valence-corrected chi connectivity index (χ2v) is 6.73. The molecule has 27 heavy (non-hydrogen) atoms. The van der Waals surface area contributed by atoms with Crippen molar-refractivity contribution in [3.8, 4) is 11.1 Å². The van der Waals surface area contributed by atoms with Crippen molar-refractivity contribution in [2.24, 2.45) is 5.92 Å². The van der Waals surface area contributed by atoms with E-state index in [9.17, 15) is 9.59 Å². The zero-order chi connectivity index (χ0) is 18.5. The maximum Gasteiger partial charge on any atom is 0.306 e. The Morgan fingerprint density at radius 2 is 1.63 bits per heavy atom. The number of carboxylic acids is 1. The monoisotopic (exact) mass is 388 g/mol. The molecule has 0 aromatic heterocycles. The van der Waals surface area contributed by atoms with E-state index in [0.717, 1.165) is 16.8 Å². The lowest BCUT2D eigenvalue weighted by Gasteiger charge is -2.34. The zero-order valence-electron chi connectivity index (χ0n) is 15.3. The molecule has 0 bridgehead atoms. The van der Waals surface area contributed by atoms with Crippen molar-refractivity contribution in [2.45, 2.75) is 25.8 Å². The number of carboxylic acid groups (broad SMARTS) is 1. The molecule has 2 aromatic carbocycles. The van der Waals surface area contributed by atoms with Crippen molar-refractivity contribution in [3.05, 3.63) is 54.6 Å². The lowest BCUT2D eigenvalue weighted by molar-refractivity contribution is -0.143. The number of hydrogen-bond donors (Lipinski definition) is 2. The van der Waals surface area contributed by atoms with Crippen LogP contribution in [0, 0.1) is 5.92 Å². The highest BCUT2D eigenvalue weighted by Gasteiger charge is 2.29. The molecule has 0 spiro atoms. The van der Waals surface area contributed by atoms with E-state index in [1.54, 1.807) is 0 Å². The van der Waals surface area contributed by atoms with E-state index in [0.29, 0.717) is 25.9 Å². The number of para-hydroxylation sites is 1. The number of likely N-dealkylation sites (tertiary alicyclic amines) is 1. The van der Waals surface area contributed by atoms with Gasteiger partial charge in [0.15, 0.2) is 0 Å². The molecular weight excluding hydrogens is 364 g/mol. The summed E-state index contributed by atoms with van der Waals surface area (Å²) in [5.74, 6) is -1.10. The van der Waals surface area contributed by atoms with Crippen LogP contribution in [-0.4, -0.2) is 41.0 Å². The van der Waals surface area contributed by atoms with Crippen molar-refractivity contribution < 1.29 is 14.7 Å². The number of amides is 1. The zero-order valence-corrected chi connectivity index (χ0v) is 16.1. The Bertz CT molecular complexity index is 774. The van der Waals surface area contributed by atoms with Gasteiger partial charge in [0, 0.05) is 11.3 Å². The molecule has 144 valence electrons. The van der Waals surface area contributed by atoms with Crippen LogP contribution in [0.5, 0.6) is 0 Å². The van der Waals surface area contributed by atoms with Gasteiger partial charge in [-0.2, -0.15) is 0 Å². The van der Waals surface area contributed by atoms with Crippen molar-refractivity contribution in [3.63, 3.8) is 0 Å². The van der Waals surface area contributed by atoms with Crippen LogP contribution in [0.3, 0.4) is 0 Å². The van der Waals surface area contributed by atoms with E-state index in [-0.39, 0.29) is 30.3 Å². The molecule has 1 unspecified atom stereocenters. The summed E-state index contributed by atoms with van der Waals surface area (Å²) >= 11 is 0. The van der Waals surface area contributed by atoms with Gasteiger partial charge in [-0.05, 0) is 44.5 Å². The number of carbonyl (C=O) groups is 2. The molecule has 0 aliphatic carbocycles. The fourth-order valence-electron chi connectivity index (χ4n) is 3.40. The first kappa shape index (κ1) is 20.9. The molecule has 1 saturated heterocycles. The first-order valence-corrected chi connectivity index (χ1v) is 8.98. The smallest absolute Gasteiger partial charge is 0.306 e. The van der Waals surface area contributed by atoms with Gasteiger partial charge in [-0.1, -0.05) is 48.5 Å². The lowest BCUT2D eigenvalue weighted by atomic mass is 9.96. The van der Waals surface area contributed by atoms with E-state index < -0.39 is 5.97 Å². The molecule has 0 radical (unpaired) electrons. The van der Waals surface area contributed by atoms with Gasteiger partial charge in [-0.3, -0.25) is 14.5 Å². The summed E-state index contributed by atoms with van der Waals surface area (Å²) in [5.41, 5.74) is 2.83. The number of piperidine rings is 1. The Morgan fingerprint density at radius 3 is 2.26 bits per heavy atom. The van der Waals surface area contributed by atoms with E-state index in [1.807, 2.05) is 61.5 Å². The summed E-state index contributed by atoms with van der Waals surface area (Å²) in [7, 11) is 0. The number of anilines is 1. The Balaban J connectivity index is 0.00000261. The number of halogens is 1. The highest BCUT2D eigenvalue weighted by Crippen LogP contribution is 2.28. The fourth-order valence-corrected chi connectivity index (χ4v) is 3.40. The summed E-state index contributed by atoms with van der Waals surface area (Å²) in [6.45, 7) is 3.14. The minimum atomic E-state index is -0.737. The normalized spacial score (nSPS) is 16.2. The summed E-state index contributed by atoms with van der Waals surface area (Å²) in [5, 5.41) is 12.2. The second-order valence-electron chi connectivity index (χ2n) is 6.73. The molecular formula is C21H25ClN2O3. The van der Waals surface area contributed by atoms with Gasteiger partial charge in [0.05, 0.1) is 12.0 Å². The number of hydrogen-bond acceptors (Lipinski definition) is 3. The number of aliphatic carboxylic acids is 1. The SMILES string of the molecule is CC(C(=O)Nc1ccccc1-c1ccccc1)N1CCC(C(=O)O)CC1.Cl. The number of rotatable bonds is 5.